The van der Waals surface area contributed by atoms with Crippen molar-refractivity contribution >= 4 is 80.3 Å². The van der Waals surface area contributed by atoms with E-state index < -0.39 is 5.97 Å². The zero-order valence-corrected chi connectivity index (χ0v) is 19.1. The molecule has 29 heavy (non-hydrogen) atoms. The third-order valence-electron chi connectivity index (χ3n) is 4.16. The Hall–Kier alpha value is -1.78. The number of hydrogen-bond donors (Lipinski definition) is 1. The Morgan fingerprint density at radius 2 is 1.79 bits per heavy atom. The van der Waals surface area contributed by atoms with Gasteiger partial charge < -0.3 is 5.11 Å². The van der Waals surface area contributed by atoms with Crippen molar-refractivity contribution in [1.82, 2.24) is 4.90 Å². The van der Waals surface area contributed by atoms with Crippen LogP contribution in [0.4, 0.5) is 0 Å². The highest BCUT2D eigenvalue weighted by Crippen LogP contribution is 2.40. The number of rotatable bonds is 7. The third kappa shape index (κ3) is 4.70. The van der Waals surface area contributed by atoms with Crippen LogP contribution < -0.4 is 0 Å². The van der Waals surface area contributed by atoms with Crippen molar-refractivity contribution in [3.05, 3.63) is 51.6 Å². The Balaban J connectivity index is 1.47. The monoisotopic (exact) mass is 477 g/mol. The number of carbonyl (C=O) groups is 2. The van der Waals surface area contributed by atoms with Gasteiger partial charge in [0.1, 0.15) is 4.32 Å². The minimum Gasteiger partial charge on any atom is -0.481 e. The second-order valence-corrected chi connectivity index (χ2v) is 11.0. The van der Waals surface area contributed by atoms with Crippen LogP contribution in [-0.4, -0.2) is 32.7 Å². The van der Waals surface area contributed by atoms with Crippen molar-refractivity contribution in [2.24, 2.45) is 0 Å². The van der Waals surface area contributed by atoms with Gasteiger partial charge in [0.25, 0.3) is 5.91 Å². The molecule has 4 heterocycles. The Morgan fingerprint density at radius 3 is 2.52 bits per heavy atom. The highest BCUT2D eigenvalue weighted by molar-refractivity contribution is 8.26. The average molecular weight is 478 g/mol. The van der Waals surface area contributed by atoms with Crippen LogP contribution in [0.15, 0.2) is 46.7 Å². The molecule has 1 N–H and O–H groups in total. The highest BCUT2D eigenvalue weighted by Gasteiger charge is 2.31. The van der Waals surface area contributed by atoms with Gasteiger partial charge in [-0.25, -0.2) is 0 Å². The first kappa shape index (κ1) is 20.5. The fraction of sp³-hybridized carbons (Fsp3) is 0.150. The molecular weight excluding hydrogens is 463 g/mol. The SMILES string of the molecule is O=C(O)CCCN1C(=O)C(=Cc2ccc(-c3ccc(-c4cccs4)s3)s2)SC1=S. The largest absolute Gasteiger partial charge is 0.481 e. The second kappa shape index (κ2) is 8.93. The molecule has 3 aromatic heterocycles. The molecule has 0 radical (unpaired) electrons. The van der Waals surface area contributed by atoms with E-state index in [0.29, 0.717) is 22.2 Å². The molecule has 4 nitrogen and oxygen atoms in total. The maximum Gasteiger partial charge on any atom is 0.303 e. The molecule has 148 valence electrons. The molecule has 1 aliphatic rings. The predicted molar refractivity (Wildman–Crippen MR) is 128 cm³/mol. The van der Waals surface area contributed by atoms with Crippen LogP contribution in [0.5, 0.6) is 0 Å². The molecule has 3 aromatic rings. The lowest BCUT2D eigenvalue weighted by atomic mass is 10.3. The number of aliphatic carboxylic acids is 1. The van der Waals surface area contributed by atoms with Gasteiger partial charge in [0.15, 0.2) is 0 Å². The zero-order valence-electron chi connectivity index (χ0n) is 15.0. The molecule has 0 atom stereocenters. The van der Waals surface area contributed by atoms with E-state index in [4.69, 9.17) is 17.3 Å². The van der Waals surface area contributed by atoms with Gasteiger partial charge in [-0.1, -0.05) is 30.0 Å². The number of amides is 1. The molecule has 1 fully saturated rings. The second-order valence-electron chi connectivity index (χ2n) is 6.17. The van der Waals surface area contributed by atoms with Crippen molar-refractivity contribution in [2.75, 3.05) is 6.54 Å². The minimum absolute atomic E-state index is 0.0265. The van der Waals surface area contributed by atoms with E-state index in [1.54, 1.807) is 34.0 Å². The normalized spacial score (nSPS) is 15.6. The van der Waals surface area contributed by atoms with Crippen LogP contribution >= 0.6 is 58.0 Å². The maximum atomic E-state index is 12.6. The van der Waals surface area contributed by atoms with E-state index in [-0.39, 0.29) is 12.3 Å². The van der Waals surface area contributed by atoms with Crippen LogP contribution in [-0.2, 0) is 9.59 Å². The standard InChI is InChI=1S/C20H15NO3S5/c22-18(23)4-1-9-21-19(24)17(29-20(21)25)11-12-5-6-15(27-12)16-8-7-14(28-16)13-3-2-10-26-13/h2-3,5-8,10-11H,1,4,9H2,(H,22,23). The smallest absolute Gasteiger partial charge is 0.303 e. The fourth-order valence-corrected chi connectivity index (χ4v) is 7.05. The van der Waals surface area contributed by atoms with Crippen LogP contribution in [0.3, 0.4) is 0 Å². The van der Waals surface area contributed by atoms with E-state index in [0.717, 1.165) is 4.88 Å². The van der Waals surface area contributed by atoms with Gasteiger partial charge in [-0.05, 0) is 48.2 Å². The molecule has 1 aliphatic heterocycles. The molecule has 0 saturated carbocycles. The van der Waals surface area contributed by atoms with E-state index in [1.165, 1.54) is 36.2 Å². The lowest BCUT2D eigenvalue weighted by molar-refractivity contribution is -0.137. The molecule has 9 heteroatoms. The summed E-state index contributed by atoms with van der Waals surface area (Å²) >= 11 is 11.7. The fourth-order valence-electron chi connectivity index (χ4n) is 2.79. The average Bonchev–Trinajstić information content (AvgIpc) is 3.46. The number of carboxylic acids is 1. The molecule has 0 aromatic carbocycles. The van der Waals surface area contributed by atoms with Gasteiger partial charge in [-0.2, -0.15) is 0 Å². The van der Waals surface area contributed by atoms with Crippen LogP contribution in [0.1, 0.15) is 17.7 Å². The summed E-state index contributed by atoms with van der Waals surface area (Å²) in [5.74, 6) is -1.01. The molecule has 4 rings (SSSR count). The van der Waals surface area contributed by atoms with Crippen LogP contribution in [0.25, 0.3) is 25.6 Å². The predicted octanol–water partition coefficient (Wildman–Crippen LogP) is 6.27. The molecular formula is C20H15NO3S5. The molecule has 0 spiro atoms. The number of hydrogen-bond acceptors (Lipinski definition) is 7. The topological polar surface area (TPSA) is 57.6 Å². The quantitative estimate of drug-likeness (QED) is 0.321. The van der Waals surface area contributed by atoms with Gasteiger partial charge in [0, 0.05) is 37.4 Å². The minimum atomic E-state index is -0.868. The van der Waals surface area contributed by atoms with E-state index in [9.17, 15) is 9.59 Å². The van der Waals surface area contributed by atoms with Crippen molar-refractivity contribution in [1.29, 1.82) is 0 Å². The maximum absolute atomic E-state index is 12.6. The van der Waals surface area contributed by atoms with E-state index in [1.807, 2.05) is 12.1 Å². The summed E-state index contributed by atoms with van der Waals surface area (Å²) in [6.45, 7) is 0.338. The van der Waals surface area contributed by atoms with Crippen molar-refractivity contribution < 1.29 is 14.7 Å². The summed E-state index contributed by atoms with van der Waals surface area (Å²) in [6, 6.07) is 12.6. The van der Waals surface area contributed by atoms with Crippen LogP contribution in [0, 0.1) is 0 Å². The van der Waals surface area contributed by atoms with Crippen molar-refractivity contribution in [3.63, 3.8) is 0 Å². The summed E-state index contributed by atoms with van der Waals surface area (Å²) in [6.07, 6.45) is 2.29. The molecule has 0 unspecified atom stereocenters. The van der Waals surface area contributed by atoms with Gasteiger partial charge in [0.05, 0.1) is 4.91 Å². The molecule has 1 saturated heterocycles. The molecule has 0 bridgehead atoms. The highest BCUT2D eigenvalue weighted by atomic mass is 32.2. The number of thioether (sulfide) groups is 1. The first-order valence-corrected chi connectivity index (χ1v) is 12.5. The number of carbonyl (C=O) groups excluding carboxylic acids is 1. The summed E-state index contributed by atoms with van der Waals surface area (Å²) < 4.78 is 0.488. The number of carboxylic acid groups (broad SMARTS) is 1. The summed E-state index contributed by atoms with van der Waals surface area (Å²) in [4.78, 5) is 31.3. The van der Waals surface area contributed by atoms with Crippen molar-refractivity contribution in [3.8, 4) is 19.5 Å². The Kier molecular flexibility index (Phi) is 6.31. The molecule has 1 amide bonds. The number of thiophene rings is 3. The number of thiocarbonyl (C=S) groups is 1. The Labute approximate surface area is 189 Å². The Bertz CT molecular complexity index is 1090. The first-order valence-electron chi connectivity index (χ1n) is 8.72. The van der Waals surface area contributed by atoms with Gasteiger partial charge in [-0.3, -0.25) is 14.5 Å². The molecule has 0 aliphatic carbocycles. The van der Waals surface area contributed by atoms with E-state index in [2.05, 4.69) is 35.7 Å². The third-order valence-corrected chi connectivity index (χ3v) is 8.92. The first-order chi connectivity index (χ1) is 14.0. The van der Waals surface area contributed by atoms with Crippen molar-refractivity contribution in [2.45, 2.75) is 12.8 Å². The summed E-state index contributed by atoms with van der Waals surface area (Å²) in [7, 11) is 0. The Morgan fingerprint density at radius 1 is 1.07 bits per heavy atom. The number of nitrogens with zero attached hydrogens (tertiary/aromatic N) is 1. The van der Waals surface area contributed by atoms with Gasteiger partial charge >= 0.3 is 5.97 Å². The van der Waals surface area contributed by atoms with E-state index >= 15 is 0 Å². The lowest BCUT2D eigenvalue weighted by Crippen LogP contribution is -2.29. The summed E-state index contributed by atoms with van der Waals surface area (Å²) in [5, 5.41) is 10.8. The van der Waals surface area contributed by atoms with Crippen LogP contribution in [0.2, 0.25) is 0 Å². The van der Waals surface area contributed by atoms with Gasteiger partial charge in [-0.15, -0.1) is 34.0 Å². The van der Waals surface area contributed by atoms with Gasteiger partial charge in [0.2, 0.25) is 0 Å². The lowest BCUT2D eigenvalue weighted by Gasteiger charge is -2.13. The summed E-state index contributed by atoms with van der Waals surface area (Å²) in [5.41, 5.74) is 0. The zero-order chi connectivity index (χ0) is 20.4.